The summed E-state index contributed by atoms with van der Waals surface area (Å²) in [6.45, 7) is 11.3. The van der Waals surface area contributed by atoms with Crippen molar-refractivity contribution >= 4 is 102 Å². The number of fused-ring (bicyclic) bond motifs is 2. The van der Waals surface area contributed by atoms with Crippen molar-refractivity contribution in [2.75, 3.05) is 31.9 Å². The van der Waals surface area contributed by atoms with Crippen molar-refractivity contribution in [2.24, 2.45) is 0 Å². The summed E-state index contributed by atoms with van der Waals surface area (Å²) in [7, 11) is -6.58. The van der Waals surface area contributed by atoms with E-state index in [2.05, 4.69) is 9.97 Å². The van der Waals surface area contributed by atoms with Gasteiger partial charge in [0.15, 0.2) is 16.9 Å². The molecule has 0 radical (unpaired) electrons. The average molecular weight is 964 g/mol. The van der Waals surface area contributed by atoms with Crippen LogP contribution in [0.4, 0.5) is 14.5 Å². The number of alkyl halides is 2. The van der Waals surface area contributed by atoms with Crippen LogP contribution in [0.15, 0.2) is 59.9 Å². The van der Waals surface area contributed by atoms with Crippen molar-refractivity contribution in [3.63, 3.8) is 0 Å². The number of phenolic OH excluding ortho intramolecular Hbond substituents is 1. The van der Waals surface area contributed by atoms with Gasteiger partial charge in [0.2, 0.25) is 31.8 Å². The number of anilines is 1. The number of nitrogens with two attached hydrogens (primary N) is 1. The van der Waals surface area contributed by atoms with E-state index in [1.54, 1.807) is 12.1 Å². The molecule has 14 nitrogen and oxygen atoms in total. The fraction of sp³-hybridized carbons (Fsp3) is 0.444. The van der Waals surface area contributed by atoms with Gasteiger partial charge >= 0.3 is 0 Å². The number of rotatable bonds is 5. The molecule has 2 aromatic heterocycles. The van der Waals surface area contributed by atoms with Crippen LogP contribution in [-0.2, 0) is 39.9 Å². The highest BCUT2D eigenvalue weighted by molar-refractivity contribution is 8.14. The highest BCUT2D eigenvalue weighted by Gasteiger charge is 2.38. The largest absolute Gasteiger partial charge is 0.504 e. The highest BCUT2D eigenvalue weighted by Crippen LogP contribution is 2.39. The number of hydrogen-bond acceptors (Lipinski definition) is 12. The molecule has 324 valence electrons. The fourth-order valence-corrected chi connectivity index (χ4v) is 11.8. The van der Waals surface area contributed by atoms with E-state index in [1.807, 2.05) is 41.5 Å². The average Bonchev–Trinajstić information content (AvgIpc) is 3.92. The lowest BCUT2D eigenvalue weighted by molar-refractivity contribution is 0.342. The van der Waals surface area contributed by atoms with Gasteiger partial charge in [-0.3, -0.25) is 0 Å². The molecule has 2 saturated heterocycles. The van der Waals surface area contributed by atoms with Crippen LogP contribution < -0.4 is 5.73 Å². The van der Waals surface area contributed by atoms with Gasteiger partial charge in [0.1, 0.15) is 38.1 Å². The Bertz CT molecular complexity index is 2740. The zero-order valence-corrected chi connectivity index (χ0v) is 37.9. The molecule has 2 fully saturated rings. The second-order valence-electron chi connectivity index (χ2n) is 15.7. The van der Waals surface area contributed by atoms with Crippen LogP contribution in [0.25, 0.3) is 22.2 Å². The molecule has 23 heteroatoms. The molecule has 2 aliphatic heterocycles. The van der Waals surface area contributed by atoms with Crippen LogP contribution in [-0.4, -0.2) is 87.5 Å². The standard InChI is InChI=1S/C15H18ClFN2O3S.C11H11Cl2NO3S.C10H12ClFN2O3S/c1-15(2,3)14-18-11-5-4-10(16)13(12(11)22-14)23(20,21)19-7-6-9(17)8-19;1-11(2,3)10-14-7-5-4-6(12)9(8(7)17-10)18(13,15)16;11-7-1-2-8(13)9(15)10(7)18(16,17)14-4-3-6(12)5-14/h4-5,9H,6-8H2,1-3H3;4-5H,1-3H3;1-2,6,15H,3-5,13H2/t9-;;6-/m1.1/s1. The summed E-state index contributed by atoms with van der Waals surface area (Å²) in [5.74, 6) is 0.266. The summed E-state index contributed by atoms with van der Waals surface area (Å²) in [5, 5.41) is 9.67. The lowest BCUT2D eigenvalue weighted by atomic mass is 9.97. The zero-order valence-electron chi connectivity index (χ0n) is 32.4. The maximum atomic E-state index is 13.4. The first-order chi connectivity index (χ1) is 27.0. The van der Waals surface area contributed by atoms with E-state index < -0.39 is 52.1 Å². The second kappa shape index (κ2) is 17.0. The van der Waals surface area contributed by atoms with Gasteiger partial charge in [0, 0.05) is 47.7 Å². The van der Waals surface area contributed by atoms with Crippen LogP contribution in [0.1, 0.15) is 66.2 Å². The van der Waals surface area contributed by atoms with E-state index in [0.29, 0.717) is 22.8 Å². The molecule has 0 aliphatic carbocycles. The quantitative estimate of drug-likeness (QED) is 0.0965. The summed E-state index contributed by atoms with van der Waals surface area (Å²) in [4.78, 5) is 7.79. The van der Waals surface area contributed by atoms with E-state index in [-0.39, 0.29) is 91.6 Å². The second-order valence-corrected chi connectivity index (χ2v) is 23.2. The number of nitrogens with zero attached hydrogens (tertiary/aromatic N) is 4. The van der Waals surface area contributed by atoms with Gasteiger partial charge in [-0.25, -0.2) is 44.0 Å². The number of hydrogen-bond donors (Lipinski definition) is 2. The molecular formula is C36H41Cl4F2N5O9S3. The van der Waals surface area contributed by atoms with Gasteiger partial charge in [-0.1, -0.05) is 76.3 Å². The maximum absolute atomic E-state index is 13.4. The third kappa shape index (κ3) is 10.0. The minimum atomic E-state index is -4.02. The van der Waals surface area contributed by atoms with Gasteiger partial charge in [0.25, 0.3) is 9.05 Å². The van der Waals surface area contributed by atoms with Crippen molar-refractivity contribution in [3.8, 4) is 5.75 Å². The first-order valence-electron chi connectivity index (χ1n) is 17.7. The zero-order chi connectivity index (χ0) is 44.2. The summed E-state index contributed by atoms with van der Waals surface area (Å²) >= 11 is 17.8. The van der Waals surface area contributed by atoms with Crippen molar-refractivity contribution in [1.29, 1.82) is 0 Å². The molecule has 0 unspecified atom stereocenters. The Hall–Kier alpha value is -3.01. The first-order valence-corrected chi connectivity index (χ1v) is 24.1. The van der Waals surface area contributed by atoms with E-state index in [9.17, 15) is 39.1 Å². The Morgan fingerprint density at radius 1 is 0.678 bits per heavy atom. The molecule has 5 aromatic rings. The van der Waals surface area contributed by atoms with Gasteiger partial charge in [-0.2, -0.15) is 8.61 Å². The predicted molar refractivity (Wildman–Crippen MR) is 223 cm³/mol. The molecule has 3 aromatic carbocycles. The van der Waals surface area contributed by atoms with E-state index in [4.69, 9.17) is 60.1 Å². The number of halogens is 6. The topological polar surface area (TPSA) is 207 Å². The Morgan fingerprint density at radius 3 is 1.44 bits per heavy atom. The minimum Gasteiger partial charge on any atom is -0.504 e. The Labute approximate surface area is 360 Å². The predicted octanol–water partition coefficient (Wildman–Crippen LogP) is 8.58. The van der Waals surface area contributed by atoms with Crippen molar-refractivity contribution in [3.05, 3.63) is 63.2 Å². The van der Waals surface area contributed by atoms with Crippen LogP contribution in [0.3, 0.4) is 0 Å². The van der Waals surface area contributed by atoms with Crippen molar-refractivity contribution in [1.82, 2.24) is 18.6 Å². The van der Waals surface area contributed by atoms with Crippen molar-refractivity contribution < 1.29 is 48.0 Å². The molecule has 7 rings (SSSR count). The molecule has 0 bridgehead atoms. The van der Waals surface area contributed by atoms with Crippen LogP contribution >= 0.6 is 45.5 Å². The molecule has 2 aliphatic rings. The Kier molecular flexibility index (Phi) is 13.6. The van der Waals surface area contributed by atoms with E-state index >= 15 is 0 Å². The minimum absolute atomic E-state index is 0.0223. The number of aromatic nitrogens is 2. The summed E-state index contributed by atoms with van der Waals surface area (Å²) in [5.41, 5.74) is 5.73. The normalized spacial score (nSPS) is 18.5. The molecule has 59 heavy (non-hydrogen) atoms. The molecular weight excluding hydrogens is 922 g/mol. The molecule has 0 spiro atoms. The number of sulfonamides is 2. The first kappa shape index (κ1) is 47.0. The number of nitrogen functional groups attached to an aromatic ring is 1. The smallest absolute Gasteiger partial charge is 0.266 e. The summed E-state index contributed by atoms with van der Waals surface area (Å²) in [6.07, 6.45) is -2.01. The van der Waals surface area contributed by atoms with Gasteiger partial charge in [-0.05, 0) is 49.2 Å². The van der Waals surface area contributed by atoms with E-state index in [1.165, 1.54) is 24.3 Å². The fourth-order valence-electron chi connectivity index (χ4n) is 5.87. The molecule has 2 atom stereocenters. The maximum Gasteiger partial charge on any atom is 0.266 e. The third-order valence-electron chi connectivity index (χ3n) is 8.95. The Morgan fingerprint density at radius 2 is 1.05 bits per heavy atom. The SMILES string of the molecule is CC(C)(C)c1nc2ccc(Cl)c(S(=O)(=O)Cl)c2o1.CC(C)(C)c1nc2ccc(Cl)c(S(=O)(=O)N3CC[C@@H](F)C3)c2o1.Nc1ccc(Cl)c(S(=O)(=O)N2CC[C@@H](F)C2)c1O. The highest BCUT2D eigenvalue weighted by atomic mass is 35.7. The molecule has 0 saturated carbocycles. The molecule has 4 heterocycles. The van der Waals surface area contributed by atoms with Crippen LogP contribution in [0.2, 0.25) is 15.1 Å². The Balaban J connectivity index is 0.000000170. The lowest BCUT2D eigenvalue weighted by Gasteiger charge is -2.17. The number of aromatic hydroxyl groups is 1. The molecule has 3 N–H and O–H groups in total. The lowest BCUT2D eigenvalue weighted by Crippen LogP contribution is -2.29. The number of phenols is 1. The third-order valence-corrected chi connectivity index (χ3v) is 15.5. The summed E-state index contributed by atoms with van der Waals surface area (Å²) < 4.78 is 113. The number of benzene rings is 3. The monoisotopic (exact) mass is 961 g/mol. The van der Waals surface area contributed by atoms with Gasteiger partial charge in [-0.15, -0.1) is 0 Å². The van der Waals surface area contributed by atoms with Gasteiger partial charge in [0.05, 0.1) is 20.8 Å². The van der Waals surface area contributed by atoms with E-state index in [0.717, 1.165) is 8.61 Å². The van der Waals surface area contributed by atoms with Crippen LogP contribution in [0, 0.1) is 0 Å². The van der Waals surface area contributed by atoms with Gasteiger partial charge < -0.3 is 19.7 Å². The summed E-state index contributed by atoms with van der Waals surface area (Å²) in [6, 6.07) is 8.73. The van der Waals surface area contributed by atoms with Crippen molar-refractivity contribution in [2.45, 2.75) is 92.2 Å². The van der Waals surface area contributed by atoms with Crippen LogP contribution in [0.5, 0.6) is 5.75 Å². The molecule has 0 amide bonds. The number of oxazole rings is 2.